The van der Waals surface area contributed by atoms with E-state index in [1.54, 1.807) is 0 Å². The second-order valence-electron chi connectivity index (χ2n) is 4.33. The first-order valence-corrected chi connectivity index (χ1v) is 5.91. The molecule has 13 heavy (non-hydrogen) atoms. The average Bonchev–Trinajstić information content (AvgIpc) is 2.26. The molecule has 0 radical (unpaired) electrons. The van der Waals surface area contributed by atoms with Gasteiger partial charge in [0.05, 0.1) is 0 Å². The smallest absolute Gasteiger partial charge is 0.0109 e. The van der Waals surface area contributed by atoms with Crippen LogP contribution in [-0.4, -0.2) is 5.75 Å². The van der Waals surface area contributed by atoms with Crippen LogP contribution >= 0.6 is 11.8 Å². The van der Waals surface area contributed by atoms with Crippen molar-refractivity contribution in [2.24, 2.45) is 0 Å². The van der Waals surface area contributed by atoms with Crippen LogP contribution in [0.25, 0.3) is 0 Å². The first kappa shape index (κ1) is 9.14. The number of rotatable bonds is 0. The van der Waals surface area contributed by atoms with Crippen LogP contribution in [0.1, 0.15) is 32.3 Å². The molecule has 0 amide bonds. The van der Waals surface area contributed by atoms with Crippen LogP contribution in [-0.2, 0) is 5.41 Å². The predicted octanol–water partition coefficient (Wildman–Crippen LogP) is 3.85. The van der Waals surface area contributed by atoms with E-state index in [2.05, 4.69) is 38.1 Å². The van der Waals surface area contributed by atoms with Crippen molar-refractivity contribution in [2.45, 2.75) is 37.0 Å². The van der Waals surface area contributed by atoms with Crippen molar-refractivity contribution in [3.8, 4) is 0 Å². The van der Waals surface area contributed by atoms with E-state index in [1.807, 2.05) is 11.8 Å². The van der Waals surface area contributed by atoms with Gasteiger partial charge in [0.1, 0.15) is 0 Å². The Labute approximate surface area is 84.7 Å². The Morgan fingerprint density at radius 1 is 1.23 bits per heavy atom. The lowest BCUT2D eigenvalue weighted by atomic mass is 9.81. The molecule has 0 N–H and O–H groups in total. The van der Waals surface area contributed by atoms with Gasteiger partial charge in [-0.05, 0) is 35.6 Å². The lowest BCUT2D eigenvalue weighted by Gasteiger charge is -2.24. The first-order valence-electron chi connectivity index (χ1n) is 4.92. The minimum Gasteiger partial charge on any atom is -0.126 e. The van der Waals surface area contributed by atoms with E-state index < -0.39 is 0 Å². The third kappa shape index (κ3) is 1.76. The summed E-state index contributed by atoms with van der Waals surface area (Å²) in [4.78, 5) is 1.49. The molecule has 0 aliphatic carbocycles. The second-order valence-corrected chi connectivity index (χ2v) is 5.47. The van der Waals surface area contributed by atoms with Crippen molar-refractivity contribution in [3.05, 3.63) is 29.8 Å². The van der Waals surface area contributed by atoms with Crippen LogP contribution < -0.4 is 0 Å². The zero-order chi connectivity index (χ0) is 9.31. The summed E-state index contributed by atoms with van der Waals surface area (Å²) in [6, 6.07) is 8.85. The predicted molar refractivity (Wildman–Crippen MR) is 59.4 cm³/mol. The fraction of sp³-hybridized carbons (Fsp3) is 0.500. The molecule has 1 aromatic rings. The highest BCUT2D eigenvalue weighted by molar-refractivity contribution is 7.99. The topological polar surface area (TPSA) is 0 Å². The standard InChI is InChI=1S/C12H16S/c1-12(2)8-5-9-13-11-7-4-3-6-10(11)12/h3-4,6-7H,5,8-9H2,1-2H3. The molecule has 0 aromatic heterocycles. The van der Waals surface area contributed by atoms with Crippen LogP contribution in [0.4, 0.5) is 0 Å². The van der Waals surface area contributed by atoms with E-state index in [0.717, 1.165) is 0 Å². The molecule has 1 aromatic carbocycles. The monoisotopic (exact) mass is 192 g/mol. The molecule has 2 rings (SSSR count). The molecule has 0 fully saturated rings. The summed E-state index contributed by atoms with van der Waals surface area (Å²) in [6.45, 7) is 4.72. The van der Waals surface area contributed by atoms with Gasteiger partial charge in [-0.3, -0.25) is 0 Å². The molecule has 0 saturated carbocycles. The zero-order valence-electron chi connectivity index (χ0n) is 8.34. The molecule has 0 unspecified atom stereocenters. The normalized spacial score (nSPS) is 20.5. The van der Waals surface area contributed by atoms with E-state index >= 15 is 0 Å². The van der Waals surface area contributed by atoms with E-state index in [9.17, 15) is 0 Å². The third-order valence-corrected chi connectivity index (χ3v) is 3.98. The Morgan fingerprint density at radius 2 is 2.00 bits per heavy atom. The lowest BCUT2D eigenvalue weighted by Crippen LogP contribution is -2.16. The van der Waals surface area contributed by atoms with Gasteiger partial charge in [-0.25, -0.2) is 0 Å². The lowest BCUT2D eigenvalue weighted by molar-refractivity contribution is 0.472. The number of fused-ring (bicyclic) bond motifs is 1. The molecule has 0 nitrogen and oxygen atoms in total. The maximum atomic E-state index is 2.36. The second kappa shape index (κ2) is 3.38. The molecule has 1 heterocycles. The summed E-state index contributed by atoms with van der Waals surface area (Å²) in [7, 11) is 0. The molecule has 1 aliphatic rings. The van der Waals surface area contributed by atoms with Gasteiger partial charge in [-0.2, -0.15) is 0 Å². The van der Waals surface area contributed by atoms with Crippen LogP contribution in [0.2, 0.25) is 0 Å². The maximum absolute atomic E-state index is 2.36. The van der Waals surface area contributed by atoms with Crippen LogP contribution in [0.15, 0.2) is 29.2 Å². The Bertz CT molecular complexity index is 302. The highest BCUT2D eigenvalue weighted by Crippen LogP contribution is 2.39. The number of hydrogen-bond acceptors (Lipinski definition) is 1. The number of benzene rings is 1. The van der Waals surface area contributed by atoms with E-state index in [-0.39, 0.29) is 0 Å². The minimum atomic E-state index is 0.375. The van der Waals surface area contributed by atoms with Crippen molar-refractivity contribution in [1.82, 2.24) is 0 Å². The Balaban J connectivity index is 2.48. The summed E-state index contributed by atoms with van der Waals surface area (Å²) < 4.78 is 0. The van der Waals surface area contributed by atoms with Crippen molar-refractivity contribution in [2.75, 3.05) is 5.75 Å². The molecule has 0 spiro atoms. The Morgan fingerprint density at radius 3 is 2.85 bits per heavy atom. The SMILES string of the molecule is CC1(C)CCCSc2ccccc21. The molecular formula is C12H16S. The zero-order valence-corrected chi connectivity index (χ0v) is 9.16. The summed E-state index contributed by atoms with van der Waals surface area (Å²) in [5.41, 5.74) is 1.91. The first-order chi connectivity index (χ1) is 6.20. The van der Waals surface area contributed by atoms with Gasteiger partial charge in [0.25, 0.3) is 0 Å². The minimum absolute atomic E-state index is 0.375. The van der Waals surface area contributed by atoms with Gasteiger partial charge < -0.3 is 0 Å². The maximum Gasteiger partial charge on any atom is 0.0109 e. The molecule has 0 bridgehead atoms. The summed E-state index contributed by atoms with van der Waals surface area (Å²) >= 11 is 2.01. The highest BCUT2D eigenvalue weighted by Gasteiger charge is 2.25. The van der Waals surface area contributed by atoms with Gasteiger partial charge in [0.15, 0.2) is 0 Å². The third-order valence-electron chi connectivity index (χ3n) is 2.82. The largest absolute Gasteiger partial charge is 0.126 e. The van der Waals surface area contributed by atoms with Gasteiger partial charge in [0.2, 0.25) is 0 Å². The number of thioether (sulfide) groups is 1. The fourth-order valence-corrected chi connectivity index (χ4v) is 3.17. The van der Waals surface area contributed by atoms with Crippen molar-refractivity contribution in [3.63, 3.8) is 0 Å². The molecule has 1 heteroatoms. The highest BCUT2D eigenvalue weighted by atomic mass is 32.2. The van der Waals surface area contributed by atoms with Crippen molar-refractivity contribution < 1.29 is 0 Å². The molecule has 1 aliphatic heterocycles. The van der Waals surface area contributed by atoms with Gasteiger partial charge in [-0.15, -0.1) is 11.8 Å². The molecule has 70 valence electrons. The van der Waals surface area contributed by atoms with E-state index in [4.69, 9.17) is 0 Å². The van der Waals surface area contributed by atoms with E-state index in [1.165, 1.54) is 29.1 Å². The summed E-state index contributed by atoms with van der Waals surface area (Å²) in [6.07, 6.45) is 2.66. The van der Waals surface area contributed by atoms with Crippen LogP contribution in [0.3, 0.4) is 0 Å². The van der Waals surface area contributed by atoms with Crippen LogP contribution in [0, 0.1) is 0 Å². The Kier molecular flexibility index (Phi) is 2.37. The molecular weight excluding hydrogens is 176 g/mol. The van der Waals surface area contributed by atoms with Crippen molar-refractivity contribution in [1.29, 1.82) is 0 Å². The average molecular weight is 192 g/mol. The quantitative estimate of drug-likeness (QED) is 0.601. The summed E-state index contributed by atoms with van der Waals surface area (Å²) in [5, 5.41) is 0. The molecule has 0 atom stereocenters. The van der Waals surface area contributed by atoms with Gasteiger partial charge in [0, 0.05) is 4.90 Å². The number of hydrogen-bond donors (Lipinski definition) is 0. The van der Waals surface area contributed by atoms with Crippen LogP contribution in [0.5, 0.6) is 0 Å². The van der Waals surface area contributed by atoms with Gasteiger partial charge >= 0.3 is 0 Å². The van der Waals surface area contributed by atoms with Crippen molar-refractivity contribution >= 4 is 11.8 Å². The summed E-state index contributed by atoms with van der Waals surface area (Å²) in [5.74, 6) is 1.28. The van der Waals surface area contributed by atoms with E-state index in [0.29, 0.717) is 5.41 Å². The van der Waals surface area contributed by atoms with Gasteiger partial charge in [-0.1, -0.05) is 32.0 Å². The fourth-order valence-electron chi connectivity index (χ4n) is 1.98. The molecule has 0 saturated heterocycles. The Hall–Kier alpha value is -0.430.